The number of hydrogen-bond donors (Lipinski definition) is 0. The van der Waals surface area contributed by atoms with Crippen LogP contribution in [-0.2, 0) is 0 Å². The van der Waals surface area contributed by atoms with Crippen LogP contribution in [0.4, 0.5) is 0 Å². The molecule has 0 saturated heterocycles. The maximum atomic E-state index is 5.87. The van der Waals surface area contributed by atoms with E-state index in [4.69, 9.17) is 4.74 Å². The van der Waals surface area contributed by atoms with Crippen molar-refractivity contribution in [1.82, 2.24) is 4.98 Å². The molecule has 1 aromatic carbocycles. The highest BCUT2D eigenvalue weighted by molar-refractivity contribution is 7.17. The van der Waals surface area contributed by atoms with Gasteiger partial charge in [-0.15, -0.1) is 23.7 Å². The van der Waals surface area contributed by atoms with Crippen molar-refractivity contribution in [2.75, 3.05) is 6.61 Å². The zero-order valence-corrected chi connectivity index (χ0v) is 15.0. The van der Waals surface area contributed by atoms with Crippen molar-refractivity contribution in [2.24, 2.45) is 0 Å². The number of hydrogen-bond acceptors (Lipinski definition) is 3. The highest BCUT2D eigenvalue weighted by Gasteiger charge is 2.07. The molecule has 0 unspecified atom stereocenters. The minimum Gasteiger partial charge on any atom is -0.494 e. The molecule has 3 aromatic rings. The lowest BCUT2D eigenvalue weighted by Crippen LogP contribution is -1.96. The summed E-state index contributed by atoms with van der Waals surface area (Å²) in [6.07, 6.45) is 8.67. The minimum absolute atomic E-state index is 0. The van der Waals surface area contributed by atoms with Gasteiger partial charge in [0.2, 0.25) is 0 Å². The lowest BCUT2D eigenvalue weighted by molar-refractivity contribution is 0.305. The Labute approximate surface area is 147 Å². The van der Waals surface area contributed by atoms with Gasteiger partial charge >= 0.3 is 0 Å². The van der Waals surface area contributed by atoms with Gasteiger partial charge in [0.05, 0.1) is 6.61 Å². The number of nitrogens with zero attached hydrogens (tertiary/aromatic N) is 1. The summed E-state index contributed by atoms with van der Waals surface area (Å²) in [4.78, 5) is 4.21. The van der Waals surface area contributed by atoms with Gasteiger partial charge in [-0.05, 0) is 36.1 Å². The minimum atomic E-state index is 0. The normalized spacial score (nSPS) is 10.5. The summed E-state index contributed by atoms with van der Waals surface area (Å²) in [7, 11) is 0. The van der Waals surface area contributed by atoms with Crippen molar-refractivity contribution >= 4 is 33.8 Å². The molecule has 2 nitrogen and oxygen atoms in total. The maximum Gasteiger partial charge on any atom is 0.120 e. The highest BCUT2D eigenvalue weighted by Crippen LogP contribution is 2.35. The Kier molecular flexibility index (Phi) is 6.87. The molecule has 0 spiro atoms. The predicted molar refractivity (Wildman–Crippen MR) is 102 cm³/mol. The first kappa shape index (κ1) is 17.8. The number of aromatic nitrogens is 1. The fourth-order valence-corrected chi connectivity index (χ4v) is 3.56. The van der Waals surface area contributed by atoms with Crippen molar-refractivity contribution in [3.8, 4) is 16.9 Å². The number of fused-ring (bicyclic) bond motifs is 1. The zero-order valence-electron chi connectivity index (χ0n) is 13.3. The molecule has 0 aliphatic rings. The van der Waals surface area contributed by atoms with Gasteiger partial charge in [0.25, 0.3) is 0 Å². The number of unbranched alkanes of at least 4 members (excludes halogenated alkanes) is 3. The third kappa shape index (κ3) is 4.46. The van der Waals surface area contributed by atoms with E-state index in [9.17, 15) is 0 Å². The molecule has 4 heteroatoms. The molecular formula is C19H22ClNOS. The van der Waals surface area contributed by atoms with Crippen LogP contribution >= 0.6 is 23.7 Å². The molecule has 0 bridgehead atoms. The van der Waals surface area contributed by atoms with Gasteiger partial charge in [-0.2, -0.15) is 0 Å². The van der Waals surface area contributed by atoms with E-state index in [0.29, 0.717) is 0 Å². The predicted octanol–water partition coefficient (Wildman–Crippen LogP) is 6.34. The van der Waals surface area contributed by atoms with Crippen LogP contribution in [0.2, 0.25) is 0 Å². The van der Waals surface area contributed by atoms with E-state index in [2.05, 4.69) is 41.6 Å². The number of rotatable bonds is 7. The Hall–Kier alpha value is -1.58. The van der Waals surface area contributed by atoms with Crippen LogP contribution in [0.3, 0.4) is 0 Å². The SMILES string of the molecule is CCCCCCOc1ccc2c(-c3cccnc3)csc2c1.Cl. The van der Waals surface area contributed by atoms with Crippen molar-refractivity contribution in [3.05, 3.63) is 48.1 Å². The van der Waals surface area contributed by atoms with Gasteiger partial charge in [-0.25, -0.2) is 0 Å². The van der Waals surface area contributed by atoms with Crippen LogP contribution in [0.25, 0.3) is 21.2 Å². The van der Waals surface area contributed by atoms with E-state index in [1.54, 1.807) is 11.3 Å². The van der Waals surface area contributed by atoms with E-state index in [1.807, 2.05) is 18.5 Å². The summed E-state index contributed by atoms with van der Waals surface area (Å²) < 4.78 is 7.14. The molecule has 0 amide bonds. The third-order valence-electron chi connectivity index (χ3n) is 3.79. The van der Waals surface area contributed by atoms with Gasteiger partial charge in [-0.3, -0.25) is 4.98 Å². The van der Waals surface area contributed by atoms with Crippen LogP contribution in [0.1, 0.15) is 32.6 Å². The van der Waals surface area contributed by atoms with Crippen LogP contribution in [-0.4, -0.2) is 11.6 Å². The lowest BCUT2D eigenvalue weighted by Gasteiger charge is -2.06. The van der Waals surface area contributed by atoms with Gasteiger partial charge in [0.1, 0.15) is 5.75 Å². The van der Waals surface area contributed by atoms with Gasteiger partial charge in [-0.1, -0.05) is 32.3 Å². The van der Waals surface area contributed by atoms with Crippen molar-refractivity contribution in [2.45, 2.75) is 32.6 Å². The average molecular weight is 348 g/mol. The van der Waals surface area contributed by atoms with E-state index in [0.717, 1.165) is 18.8 Å². The Bertz CT molecular complexity index is 727. The molecule has 2 aromatic heterocycles. The number of thiophene rings is 1. The zero-order chi connectivity index (χ0) is 15.2. The molecule has 3 rings (SSSR count). The average Bonchev–Trinajstić information content (AvgIpc) is 2.99. The number of ether oxygens (including phenoxy) is 1. The van der Waals surface area contributed by atoms with Crippen LogP contribution < -0.4 is 4.74 Å². The number of pyridine rings is 1. The van der Waals surface area contributed by atoms with Crippen LogP contribution in [0.15, 0.2) is 48.1 Å². The summed E-state index contributed by atoms with van der Waals surface area (Å²) in [5, 5.41) is 3.48. The van der Waals surface area contributed by atoms with Gasteiger partial charge in [0.15, 0.2) is 0 Å². The molecule has 122 valence electrons. The van der Waals surface area contributed by atoms with Crippen LogP contribution in [0.5, 0.6) is 5.75 Å². The quantitative estimate of drug-likeness (QED) is 0.465. The Morgan fingerprint density at radius 1 is 1.13 bits per heavy atom. The van der Waals surface area contributed by atoms with E-state index in [1.165, 1.54) is 40.5 Å². The molecule has 0 aliphatic heterocycles. The second-order valence-corrected chi connectivity index (χ2v) is 6.37. The molecule has 0 atom stereocenters. The van der Waals surface area contributed by atoms with E-state index < -0.39 is 0 Å². The largest absolute Gasteiger partial charge is 0.494 e. The standard InChI is InChI=1S/C19H21NOS.ClH/c1-2-3-4-5-11-21-16-8-9-17-18(14-22-19(17)12-16)15-7-6-10-20-13-15;/h6-10,12-14H,2-5,11H2,1H3;1H. The fourth-order valence-electron chi connectivity index (χ4n) is 2.56. The van der Waals surface area contributed by atoms with Gasteiger partial charge < -0.3 is 4.74 Å². The highest BCUT2D eigenvalue weighted by atomic mass is 35.5. The third-order valence-corrected chi connectivity index (χ3v) is 4.73. The Balaban J connectivity index is 0.00000192. The van der Waals surface area contributed by atoms with Crippen molar-refractivity contribution in [3.63, 3.8) is 0 Å². The topological polar surface area (TPSA) is 22.1 Å². The molecule has 2 heterocycles. The Morgan fingerprint density at radius 2 is 2.04 bits per heavy atom. The summed E-state index contributed by atoms with van der Waals surface area (Å²) in [5.74, 6) is 0.976. The summed E-state index contributed by atoms with van der Waals surface area (Å²) in [6.45, 7) is 3.04. The fraction of sp³-hybridized carbons (Fsp3) is 0.316. The summed E-state index contributed by atoms with van der Waals surface area (Å²) >= 11 is 1.76. The molecule has 0 aliphatic carbocycles. The van der Waals surface area contributed by atoms with Crippen molar-refractivity contribution < 1.29 is 4.74 Å². The summed E-state index contributed by atoms with van der Waals surface area (Å²) in [6, 6.07) is 10.5. The molecule has 23 heavy (non-hydrogen) atoms. The monoisotopic (exact) mass is 347 g/mol. The summed E-state index contributed by atoms with van der Waals surface area (Å²) in [5.41, 5.74) is 2.42. The van der Waals surface area contributed by atoms with Crippen LogP contribution in [0, 0.1) is 0 Å². The maximum absolute atomic E-state index is 5.87. The Morgan fingerprint density at radius 3 is 2.83 bits per heavy atom. The molecule has 0 fully saturated rings. The lowest BCUT2D eigenvalue weighted by atomic mass is 10.1. The van der Waals surface area contributed by atoms with E-state index in [-0.39, 0.29) is 12.4 Å². The van der Waals surface area contributed by atoms with Crippen molar-refractivity contribution in [1.29, 1.82) is 0 Å². The second kappa shape index (κ2) is 8.90. The first-order chi connectivity index (χ1) is 10.9. The first-order valence-electron chi connectivity index (χ1n) is 7.93. The smallest absolute Gasteiger partial charge is 0.120 e. The van der Waals surface area contributed by atoms with E-state index >= 15 is 0 Å². The second-order valence-electron chi connectivity index (χ2n) is 5.46. The molecule has 0 radical (unpaired) electrons. The first-order valence-corrected chi connectivity index (χ1v) is 8.81. The van der Waals surface area contributed by atoms with Gasteiger partial charge in [0, 0.05) is 33.6 Å². The molecule has 0 N–H and O–H groups in total. The molecule has 0 saturated carbocycles. The molecular weight excluding hydrogens is 326 g/mol. The number of benzene rings is 1. The number of halogens is 1.